The van der Waals surface area contributed by atoms with Gasteiger partial charge in [0.25, 0.3) is 5.91 Å². The number of benzene rings is 1. The number of piperidine rings is 1. The number of amides is 2. The Kier molecular flexibility index (Phi) is 6.74. The number of nitrogens with zero attached hydrogens (tertiary/aromatic N) is 3. The number of piperazine rings is 1. The Morgan fingerprint density at radius 1 is 0.967 bits per heavy atom. The van der Waals surface area contributed by atoms with Crippen molar-refractivity contribution in [2.75, 3.05) is 39.3 Å². The lowest BCUT2D eigenvalue weighted by Crippen LogP contribution is -2.62. The minimum atomic E-state index is -1.37. The van der Waals surface area contributed by atoms with Gasteiger partial charge in [-0.2, -0.15) is 0 Å². The van der Waals surface area contributed by atoms with Crippen LogP contribution in [0, 0.1) is 0 Å². The smallest absolute Gasteiger partial charge is 0.255 e. The van der Waals surface area contributed by atoms with Gasteiger partial charge < -0.3 is 14.9 Å². The molecule has 2 aliphatic heterocycles. The molecule has 6 nitrogen and oxygen atoms in total. The van der Waals surface area contributed by atoms with Crippen molar-refractivity contribution >= 4 is 11.8 Å². The van der Waals surface area contributed by atoms with E-state index >= 15 is 0 Å². The van der Waals surface area contributed by atoms with Crippen molar-refractivity contribution in [3.8, 4) is 0 Å². The molecule has 0 bridgehead atoms. The summed E-state index contributed by atoms with van der Waals surface area (Å²) in [5, 5.41) is 11.2. The predicted octanol–water partition coefficient (Wildman–Crippen LogP) is 2.06. The lowest BCUT2D eigenvalue weighted by Gasteiger charge is -2.44. The molecule has 0 aromatic heterocycles. The SMILES string of the molecule is O=C1CN(C[C@]2(O)CCCN(CCc3ccccc3)C2=O)CCN1C1CCCCC1. The van der Waals surface area contributed by atoms with E-state index in [1.54, 1.807) is 4.90 Å². The fourth-order valence-corrected chi connectivity index (χ4v) is 5.35. The normalized spacial score (nSPS) is 27.0. The zero-order chi connectivity index (χ0) is 21.0. The summed E-state index contributed by atoms with van der Waals surface area (Å²) in [5.74, 6) is -0.0206. The van der Waals surface area contributed by atoms with Gasteiger partial charge in [0.15, 0.2) is 5.60 Å². The summed E-state index contributed by atoms with van der Waals surface area (Å²) in [5.41, 5.74) is -0.175. The second-order valence-corrected chi connectivity index (χ2v) is 9.25. The van der Waals surface area contributed by atoms with Crippen molar-refractivity contribution in [3.05, 3.63) is 35.9 Å². The predicted molar refractivity (Wildman–Crippen MR) is 116 cm³/mol. The molecule has 30 heavy (non-hydrogen) atoms. The molecule has 1 aliphatic carbocycles. The fraction of sp³-hybridized carbons (Fsp3) is 0.667. The van der Waals surface area contributed by atoms with Crippen molar-refractivity contribution in [1.82, 2.24) is 14.7 Å². The molecule has 6 heteroatoms. The van der Waals surface area contributed by atoms with Crippen LogP contribution in [0.15, 0.2) is 30.3 Å². The topological polar surface area (TPSA) is 64.1 Å². The van der Waals surface area contributed by atoms with Gasteiger partial charge in [0.1, 0.15) is 0 Å². The van der Waals surface area contributed by atoms with E-state index in [4.69, 9.17) is 0 Å². The first-order valence-corrected chi connectivity index (χ1v) is 11.6. The van der Waals surface area contributed by atoms with E-state index in [9.17, 15) is 14.7 Å². The van der Waals surface area contributed by atoms with E-state index in [0.29, 0.717) is 38.6 Å². The molecule has 2 amide bonds. The first kappa shape index (κ1) is 21.3. The number of likely N-dealkylation sites (tertiary alicyclic amines) is 1. The van der Waals surface area contributed by atoms with Crippen LogP contribution in [0.5, 0.6) is 0 Å². The van der Waals surface area contributed by atoms with Gasteiger partial charge in [-0.05, 0) is 37.7 Å². The van der Waals surface area contributed by atoms with Crippen LogP contribution in [0.4, 0.5) is 0 Å². The maximum atomic E-state index is 13.1. The molecule has 0 radical (unpaired) electrons. The zero-order valence-electron chi connectivity index (χ0n) is 18.0. The van der Waals surface area contributed by atoms with Gasteiger partial charge in [0.2, 0.25) is 5.91 Å². The average Bonchev–Trinajstić information content (AvgIpc) is 2.76. The summed E-state index contributed by atoms with van der Waals surface area (Å²) < 4.78 is 0. The highest BCUT2D eigenvalue weighted by atomic mass is 16.3. The van der Waals surface area contributed by atoms with Gasteiger partial charge in [-0.1, -0.05) is 49.6 Å². The molecule has 3 fully saturated rings. The van der Waals surface area contributed by atoms with E-state index in [2.05, 4.69) is 17.0 Å². The third-order valence-corrected chi connectivity index (χ3v) is 7.05. The highest BCUT2D eigenvalue weighted by Crippen LogP contribution is 2.27. The molecule has 2 heterocycles. The van der Waals surface area contributed by atoms with Gasteiger partial charge in [-0.3, -0.25) is 14.5 Å². The van der Waals surface area contributed by atoms with Crippen LogP contribution < -0.4 is 0 Å². The molecule has 4 rings (SSSR count). The minimum Gasteiger partial charge on any atom is -0.379 e. The Morgan fingerprint density at radius 2 is 1.73 bits per heavy atom. The van der Waals surface area contributed by atoms with Crippen molar-refractivity contribution in [2.24, 2.45) is 0 Å². The van der Waals surface area contributed by atoms with Gasteiger partial charge >= 0.3 is 0 Å². The van der Waals surface area contributed by atoms with Crippen LogP contribution in [0.1, 0.15) is 50.5 Å². The van der Waals surface area contributed by atoms with Gasteiger partial charge in [0, 0.05) is 38.8 Å². The molecule has 0 spiro atoms. The van der Waals surface area contributed by atoms with Gasteiger partial charge in [0.05, 0.1) is 6.54 Å². The van der Waals surface area contributed by atoms with Crippen LogP contribution in [-0.4, -0.2) is 82.5 Å². The van der Waals surface area contributed by atoms with Crippen LogP contribution >= 0.6 is 0 Å². The number of rotatable bonds is 6. The van der Waals surface area contributed by atoms with Gasteiger partial charge in [-0.25, -0.2) is 0 Å². The monoisotopic (exact) mass is 413 g/mol. The lowest BCUT2D eigenvalue weighted by atomic mass is 9.90. The molecular weight excluding hydrogens is 378 g/mol. The second kappa shape index (κ2) is 9.48. The Labute approximate surface area is 179 Å². The van der Waals surface area contributed by atoms with E-state index in [0.717, 1.165) is 32.2 Å². The molecule has 1 saturated carbocycles. The summed E-state index contributed by atoms with van der Waals surface area (Å²) in [6, 6.07) is 10.5. The highest BCUT2D eigenvalue weighted by molar-refractivity contribution is 5.86. The molecular formula is C24H35N3O3. The molecule has 0 unspecified atom stereocenters. The third-order valence-electron chi connectivity index (χ3n) is 7.05. The molecule has 1 aromatic rings. The maximum Gasteiger partial charge on any atom is 0.255 e. The van der Waals surface area contributed by atoms with Gasteiger partial charge in [-0.15, -0.1) is 0 Å². The Morgan fingerprint density at radius 3 is 2.47 bits per heavy atom. The number of hydrogen-bond donors (Lipinski definition) is 1. The minimum absolute atomic E-state index is 0.154. The number of carbonyl (C=O) groups is 2. The van der Waals surface area contributed by atoms with Crippen molar-refractivity contribution in [3.63, 3.8) is 0 Å². The number of aliphatic hydroxyl groups is 1. The number of hydrogen-bond acceptors (Lipinski definition) is 4. The summed E-state index contributed by atoms with van der Waals surface area (Å²) in [4.78, 5) is 31.7. The van der Waals surface area contributed by atoms with Crippen LogP contribution in [0.2, 0.25) is 0 Å². The highest BCUT2D eigenvalue weighted by Gasteiger charge is 2.44. The van der Waals surface area contributed by atoms with E-state index in [1.807, 2.05) is 23.1 Å². The van der Waals surface area contributed by atoms with E-state index in [-0.39, 0.29) is 18.4 Å². The average molecular weight is 414 g/mol. The summed E-state index contributed by atoms with van der Waals surface area (Å²) >= 11 is 0. The quantitative estimate of drug-likeness (QED) is 0.775. The Balaban J connectivity index is 1.31. The number of β-amino-alcohol motifs (C(OH)–C–C–N with tert-alkyl or cyclic N) is 1. The van der Waals surface area contributed by atoms with Crippen molar-refractivity contribution in [2.45, 2.75) is 63.0 Å². The lowest BCUT2D eigenvalue weighted by molar-refractivity contribution is -0.162. The largest absolute Gasteiger partial charge is 0.379 e. The summed E-state index contributed by atoms with van der Waals surface area (Å²) in [6.45, 7) is 3.35. The molecule has 3 aliphatic rings. The van der Waals surface area contributed by atoms with Crippen molar-refractivity contribution in [1.29, 1.82) is 0 Å². The second-order valence-electron chi connectivity index (χ2n) is 9.25. The maximum absolute atomic E-state index is 13.1. The van der Waals surface area contributed by atoms with Crippen molar-refractivity contribution < 1.29 is 14.7 Å². The molecule has 164 valence electrons. The summed E-state index contributed by atoms with van der Waals surface area (Å²) in [6.07, 6.45) is 8.00. The number of carbonyl (C=O) groups excluding carboxylic acids is 2. The third kappa shape index (κ3) is 4.86. The first-order chi connectivity index (χ1) is 14.5. The Hall–Kier alpha value is -1.92. The van der Waals surface area contributed by atoms with Crippen LogP contribution in [0.25, 0.3) is 0 Å². The van der Waals surface area contributed by atoms with Crippen LogP contribution in [0.3, 0.4) is 0 Å². The zero-order valence-corrected chi connectivity index (χ0v) is 18.0. The first-order valence-electron chi connectivity index (χ1n) is 11.6. The molecule has 1 atom stereocenters. The van der Waals surface area contributed by atoms with E-state index in [1.165, 1.54) is 24.8 Å². The molecule has 2 saturated heterocycles. The molecule has 1 aromatic carbocycles. The van der Waals surface area contributed by atoms with Crippen LogP contribution in [-0.2, 0) is 16.0 Å². The Bertz CT molecular complexity index is 734. The molecule has 1 N–H and O–H groups in total. The van der Waals surface area contributed by atoms with E-state index < -0.39 is 5.60 Å². The fourth-order valence-electron chi connectivity index (χ4n) is 5.35. The summed E-state index contributed by atoms with van der Waals surface area (Å²) in [7, 11) is 0. The standard InChI is InChI=1S/C24H35N3O3/c28-22-18-25(16-17-27(22)21-10-5-2-6-11-21)19-24(30)13-7-14-26(23(24)29)15-12-20-8-3-1-4-9-20/h1,3-4,8-9,21,30H,2,5-7,10-19H2/t24-/m1/s1.